The Balaban J connectivity index is 0.000000227. The van der Waals surface area contributed by atoms with E-state index in [2.05, 4.69) is 20.6 Å². The van der Waals surface area contributed by atoms with Crippen LogP contribution in [0.5, 0.6) is 11.5 Å². The van der Waals surface area contributed by atoms with Gasteiger partial charge in [-0.15, -0.1) is 12.4 Å². The average Bonchev–Trinajstić information content (AvgIpc) is 3.83. The van der Waals surface area contributed by atoms with Gasteiger partial charge < -0.3 is 46.0 Å². The molecule has 0 amide bonds. The number of H-pyrrole nitrogens is 2. The Hall–Kier alpha value is -5.05. The van der Waals surface area contributed by atoms with Crippen LogP contribution in [0.3, 0.4) is 0 Å². The Labute approximate surface area is 331 Å². The van der Waals surface area contributed by atoms with Crippen LogP contribution in [0.4, 0.5) is 13.2 Å². The van der Waals surface area contributed by atoms with Crippen molar-refractivity contribution in [3.8, 4) is 11.5 Å². The van der Waals surface area contributed by atoms with Crippen LogP contribution in [0.25, 0.3) is 21.8 Å². The number of carboxylic acid groups (broad SMARTS) is 1. The molecule has 0 bridgehead atoms. The molecular formula is C42H51ClF3N5O5. The number of fused-ring (bicyclic) bond motifs is 2. The Bertz CT molecular complexity index is 2020. The Morgan fingerprint density at radius 3 is 2.20 bits per heavy atom. The molecule has 8 N–H and O–H groups in total. The highest BCUT2D eigenvalue weighted by Crippen LogP contribution is 2.32. The van der Waals surface area contributed by atoms with Gasteiger partial charge in [0.25, 0.3) is 0 Å². The Morgan fingerprint density at radius 1 is 0.875 bits per heavy atom. The summed E-state index contributed by atoms with van der Waals surface area (Å²) in [6.07, 6.45) is -0.265. The molecule has 0 saturated carbocycles. The molecule has 0 fully saturated rings. The van der Waals surface area contributed by atoms with Gasteiger partial charge in [-0.25, -0.2) is 0 Å². The third-order valence-electron chi connectivity index (χ3n) is 8.47. The second-order valence-electron chi connectivity index (χ2n) is 13.2. The number of hydrogen-bond acceptors (Lipinski definition) is 7. The molecule has 0 aliphatic carbocycles. The van der Waals surface area contributed by atoms with Crippen LogP contribution in [-0.4, -0.2) is 71.1 Å². The van der Waals surface area contributed by atoms with Crippen molar-refractivity contribution in [1.82, 2.24) is 20.6 Å². The van der Waals surface area contributed by atoms with Crippen molar-refractivity contribution in [3.63, 3.8) is 0 Å². The summed E-state index contributed by atoms with van der Waals surface area (Å²) in [5.74, 6) is 0.260. The highest BCUT2D eigenvalue weighted by atomic mass is 35.5. The minimum Gasteiger partial charge on any atom is -0.490 e. The van der Waals surface area contributed by atoms with Gasteiger partial charge in [0.05, 0.1) is 5.56 Å². The van der Waals surface area contributed by atoms with Gasteiger partial charge >= 0.3 is 12.1 Å². The minimum atomic E-state index is -4.33. The summed E-state index contributed by atoms with van der Waals surface area (Å²) in [5.41, 5.74) is 8.80. The van der Waals surface area contributed by atoms with Gasteiger partial charge in [0.2, 0.25) is 0 Å². The summed E-state index contributed by atoms with van der Waals surface area (Å²) >= 11 is 0. The summed E-state index contributed by atoms with van der Waals surface area (Å²) < 4.78 is 49.2. The first-order valence-corrected chi connectivity index (χ1v) is 18.0. The van der Waals surface area contributed by atoms with Crippen LogP contribution in [0.15, 0.2) is 116 Å². The minimum absolute atomic E-state index is 0. The van der Waals surface area contributed by atoms with E-state index < -0.39 is 29.9 Å². The summed E-state index contributed by atoms with van der Waals surface area (Å²) in [7, 11) is 1.85. The van der Waals surface area contributed by atoms with Crippen molar-refractivity contribution in [3.05, 3.63) is 132 Å². The molecule has 6 rings (SSSR count). The molecular weight excluding hydrogens is 747 g/mol. The van der Waals surface area contributed by atoms with E-state index >= 15 is 0 Å². The number of ether oxygens (including phenoxy) is 2. The molecule has 2 unspecified atom stereocenters. The molecule has 2 heterocycles. The van der Waals surface area contributed by atoms with Crippen molar-refractivity contribution in [2.45, 2.75) is 57.2 Å². The largest absolute Gasteiger partial charge is 0.490 e. The van der Waals surface area contributed by atoms with E-state index in [0.29, 0.717) is 31.4 Å². The number of nitrogens with two attached hydrogens (primary N) is 1. The van der Waals surface area contributed by atoms with Crippen LogP contribution in [0.1, 0.15) is 43.1 Å². The number of rotatable bonds is 15. The molecule has 4 aromatic carbocycles. The van der Waals surface area contributed by atoms with E-state index in [4.69, 9.17) is 20.3 Å². The molecule has 3 atom stereocenters. The van der Waals surface area contributed by atoms with Crippen molar-refractivity contribution < 1.29 is 37.7 Å². The molecule has 56 heavy (non-hydrogen) atoms. The molecule has 14 heteroatoms. The predicted molar refractivity (Wildman–Crippen MR) is 218 cm³/mol. The molecule has 0 radical (unpaired) electrons. The highest BCUT2D eigenvalue weighted by molar-refractivity contribution is 5.86. The van der Waals surface area contributed by atoms with Crippen molar-refractivity contribution >= 4 is 40.2 Å². The zero-order valence-electron chi connectivity index (χ0n) is 31.6. The molecule has 10 nitrogen and oxygen atoms in total. The molecule has 0 saturated heterocycles. The van der Waals surface area contributed by atoms with Crippen LogP contribution >= 0.6 is 12.4 Å². The van der Waals surface area contributed by atoms with Crippen LogP contribution < -0.4 is 25.8 Å². The molecule has 0 aliphatic rings. The van der Waals surface area contributed by atoms with Gasteiger partial charge in [0, 0.05) is 59.6 Å². The van der Waals surface area contributed by atoms with Gasteiger partial charge in [-0.05, 0) is 73.3 Å². The number of aliphatic hydroxyl groups excluding tert-OH is 1. The predicted octanol–water partition coefficient (Wildman–Crippen LogP) is 7.88. The number of para-hydroxylation sites is 1. The second kappa shape index (κ2) is 22.5. The van der Waals surface area contributed by atoms with Gasteiger partial charge in [-0.1, -0.05) is 68.4 Å². The lowest BCUT2D eigenvalue weighted by molar-refractivity contribution is -0.139. The maximum atomic E-state index is 12.6. The fourth-order valence-electron chi connectivity index (χ4n) is 5.55. The number of alkyl halides is 3. The first-order valence-electron chi connectivity index (χ1n) is 18.0. The van der Waals surface area contributed by atoms with E-state index in [9.17, 15) is 23.1 Å². The maximum Gasteiger partial charge on any atom is 0.416 e. The topological polar surface area (TPSA) is 158 Å². The molecule has 0 spiro atoms. The number of benzene rings is 4. The van der Waals surface area contributed by atoms with Crippen LogP contribution in [0, 0.1) is 0 Å². The average molecular weight is 798 g/mol. The third-order valence-corrected chi connectivity index (χ3v) is 8.47. The van der Waals surface area contributed by atoms with E-state index in [1.807, 2.05) is 112 Å². The fraction of sp³-hybridized carbons (Fsp3) is 0.310. The lowest BCUT2D eigenvalue weighted by Crippen LogP contribution is -2.35. The van der Waals surface area contributed by atoms with E-state index in [-0.39, 0.29) is 18.5 Å². The monoisotopic (exact) mass is 797 g/mol. The van der Waals surface area contributed by atoms with Gasteiger partial charge in [0.15, 0.2) is 0 Å². The zero-order valence-corrected chi connectivity index (χ0v) is 32.4. The SMILES string of the molecule is CC(C)NCC(O)COc1cccc2[nH]ccc12.CNCCC(Oc1ccc(C(F)(F)F)cc1)c1ccccc1.Cl.N[C@@H](Cc1c[nH]c2ccccc12)C(=O)O. The lowest BCUT2D eigenvalue weighted by Gasteiger charge is -2.20. The summed E-state index contributed by atoms with van der Waals surface area (Å²) in [5, 5.41) is 26.8. The molecule has 6 aromatic rings. The van der Waals surface area contributed by atoms with Gasteiger partial charge in [0.1, 0.15) is 36.4 Å². The number of aliphatic hydroxyl groups is 1. The van der Waals surface area contributed by atoms with E-state index in [1.54, 1.807) is 0 Å². The second-order valence-corrected chi connectivity index (χ2v) is 13.2. The van der Waals surface area contributed by atoms with E-state index in [0.717, 1.165) is 63.8 Å². The smallest absolute Gasteiger partial charge is 0.416 e. The van der Waals surface area contributed by atoms with Crippen molar-refractivity contribution in [2.75, 3.05) is 26.7 Å². The van der Waals surface area contributed by atoms with Crippen molar-refractivity contribution in [2.24, 2.45) is 5.73 Å². The third kappa shape index (κ3) is 14.2. The quantitative estimate of drug-likeness (QED) is 0.0553. The summed E-state index contributed by atoms with van der Waals surface area (Å²) in [6, 6.07) is 29.5. The van der Waals surface area contributed by atoms with Gasteiger partial charge in [-0.3, -0.25) is 4.79 Å². The first kappa shape index (κ1) is 45.3. The number of aromatic nitrogens is 2. The normalized spacial score (nSPS) is 12.7. The standard InChI is InChI=1S/C17H18F3NO.C14H20N2O2.C11H12N2O2.ClH/c1-21-12-11-16(13-5-3-2-4-6-13)22-15-9-7-14(8-10-15)17(18,19)20;1-10(2)16-8-11(17)9-18-14-5-3-4-13-12(14)6-7-15-13;12-9(11(14)15)5-7-6-13-10-4-2-1-3-8(7)10;/h2-10,16,21H,11-12H2,1H3;3-7,10-11,15-17H,8-9H2,1-2H3;1-4,6,9,13H,5,12H2,(H,14,15);1H/t;;9-;/m..0./s1. The molecule has 0 aliphatic heterocycles. The Kier molecular flexibility index (Phi) is 18.2. The van der Waals surface area contributed by atoms with Crippen molar-refractivity contribution in [1.29, 1.82) is 0 Å². The Morgan fingerprint density at radius 2 is 1.54 bits per heavy atom. The summed E-state index contributed by atoms with van der Waals surface area (Å²) in [4.78, 5) is 16.8. The van der Waals surface area contributed by atoms with Crippen LogP contribution in [0.2, 0.25) is 0 Å². The number of aliphatic carboxylic acids is 1. The number of aromatic amines is 2. The zero-order chi connectivity index (χ0) is 39.8. The fourth-order valence-corrected chi connectivity index (χ4v) is 5.55. The van der Waals surface area contributed by atoms with E-state index in [1.165, 1.54) is 12.1 Å². The summed E-state index contributed by atoms with van der Waals surface area (Å²) in [6.45, 7) is 5.69. The molecule has 302 valence electrons. The maximum absolute atomic E-state index is 12.6. The number of carboxylic acids is 1. The number of carbonyl (C=O) groups is 1. The van der Waals surface area contributed by atoms with Gasteiger partial charge in [-0.2, -0.15) is 13.2 Å². The van der Waals surface area contributed by atoms with Crippen LogP contribution in [-0.2, 0) is 17.4 Å². The molecule has 2 aromatic heterocycles. The highest BCUT2D eigenvalue weighted by Gasteiger charge is 2.30. The number of nitrogens with one attached hydrogen (secondary N) is 4. The number of halogens is 4. The number of hydrogen-bond donors (Lipinski definition) is 7. The first-order chi connectivity index (χ1) is 26.3. The lowest BCUT2D eigenvalue weighted by atomic mass is 10.1.